The van der Waals surface area contributed by atoms with Crippen molar-refractivity contribution in [3.05, 3.63) is 100.0 Å². The minimum absolute atomic E-state index is 0.0348. The first-order chi connectivity index (χ1) is 20.6. The number of anilines is 2. The number of halogens is 1. The number of fused-ring (bicyclic) bond motifs is 6. The van der Waals surface area contributed by atoms with Crippen molar-refractivity contribution in [1.82, 2.24) is 4.90 Å². The molecule has 0 saturated heterocycles. The summed E-state index contributed by atoms with van der Waals surface area (Å²) in [5.74, 6) is -1.58. The van der Waals surface area contributed by atoms with E-state index in [-0.39, 0.29) is 30.3 Å². The van der Waals surface area contributed by atoms with Crippen LogP contribution in [-0.4, -0.2) is 70.5 Å². The number of carbonyl (C=O) groups is 1. The molecule has 3 aromatic carbocycles. The SMILES string of the molecule is CN(C)CCCN1c2ccccc2Sc2ccc(Cl)cc21.O=C1C=CC2=C3c4cc(O)c(O)cc4CC3(O)COC2=C1O. The fraction of sp³-hybridized carbons (Fsp3) is 0.242. The van der Waals surface area contributed by atoms with Gasteiger partial charge in [-0.15, -0.1) is 0 Å². The lowest BCUT2D eigenvalue weighted by molar-refractivity contribution is -0.114. The highest BCUT2D eigenvalue weighted by molar-refractivity contribution is 7.99. The van der Waals surface area contributed by atoms with Crippen LogP contribution in [0.2, 0.25) is 5.02 Å². The summed E-state index contributed by atoms with van der Waals surface area (Å²) in [6.07, 6.45) is 4.02. The molecule has 8 nitrogen and oxygen atoms in total. The molecule has 4 N–H and O–H groups in total. The minimum Gasteiger partial charge on any atom is -0.504 e. The van der Waals surface area contributed by atoms with E-state index in [2.05, 4.69) is 60.3 Å². The third-order valence-corrected chi connectivity index (χ3v) is 9.18. The Morgan fingerprint density at radius 3 is 2.53 bits per heavy atom. The number of benzene rings is 3. The van der Waals surface area contributed by atoms with Crippen molar-refractivity contribution in [2.75, 3.05) is 38.7 Å². The monoisotopic (exact) mass is 618 g/mol. The molecule has 0 spiro atoms. The number of phenolic OH excluding ortho intramolecular Hbond substituents is 2. The molecular weight excluding hydrogens is 588 g/mol. The van der Waals surface area contributed by atoms with Gasteiger partial charge in [0.15, 0.2) is 17.3 Å². The van der Waals surface area contributed by atoms with Crippen molar-refractivity contribution in [3.8, 4) is 11.5 Å². The number of hydrogen-bond acceptors (Lipinski definition) is 9. The summed E-state index contributed by atoms with van der Waals surface area (Å²) in [4.78, 5) is 18.8. The summed E-state index contributed by atoms with van der Waals surface area (Å²) < 4.78 is 5.40. The number of nitrogens with zero attached hydrogens (tertiary/aromatic N) is 2. The van der Waals surface area contributed by atoms with Crippen molar-refractivity contribution >= 4 is 46.1 Å². The summed E-state index contributed by atoms with van der Waals surface area (Å²) >= 11 is 8.03. The topological polar surface area (TPSA) is 114 Å². The van der Waals surface area contributed by atoms with E-state index in [0.29, 0.717) is 22.3 Å². The molecule has 0 radical (unpaired) electrons. The second-order valence-corrected chi connectivity index (χ2v) is 12.7. The third-order valence-electron chi connectivity index (χ3n) is 7.81. The molecule has 10 heteroatoms. The van der Waals surface area contributed by atoms with Gasteiger partial charge in [-0.1, -0.05) is 35.5 Å². The van der Waals surface area contributed by atoms with Crippen LogP contribution < -0.4 is 4.90 Å². The number of aliphatic hydroxyl groups excluding tert-OH is 1. The molecule has 7 rings (SSSR count). The summed E-state index contributed by atoms with van der Waals surface area (Å²) in [5.41, 5.74) is 3.31. The van der Waals surface area contributed by atoms with Gasteiger partial charge >= 0.3 is 0 Å². The van der Waals surface area contributed by atoms with Crippen molar-refractivity contribution in [2.24, 2.45) is 0 Å². The molecule has 1 unspecified atom stereocenters. The molecule has 2 aliphatic heterocycles. The zero-order valence-electron chi connectivity index (χ0n) is 23.7. The van der Waals surface area contributed by atoms with E-state index in [1.807, 2.05) is 17.8 Å². The highest BCUT2D eigenvalue weighted by Gasteiger charge is 2.48. The number of phenols is 2. The smallest absolute Gasteiger partial charge is 0.224 e. The first-order valence-electron chi connectivity index (χ1n) is 13.9. The third kappa shape index (κ3) is 5.38. The first kappa shape index (κ1) is 29.2. The van der Waals surface area contributed by atoms with E-state index >= 15 is 0 Å². The van der Waals surface area contributed by atoms with Crippen molar-refractivity contribution in [1.29, 1.82) is 0 Å². The normalized spacial score (nSPS) is 19.7. The van der Waals surface area contributed by atoms with Crippen LogP contribution in [0.3, 0.4) is 0 Å². The zero-order chi connectivity index (χ0) is 30.5. The van der Waals surface area contributed by atoms with Crippen LogP contribution in [-0.2, 0) is 16.0 Å². The first-order valence-corrected chi connectivity index (χ1v) is 15.0. The average molecular weight is 619 g/mol. The second kappa shape index (κ2) is 11.3. The van der Waals surface area contributed by atoms with Gasteiger partial charge in [0.05, 0.1) is 11.4 Å². The molecule has 0 saturated carbocycles. The van der Waals surface area contributed by atoms with Crippen LogP contribution in [0, 0.1) is 0 Å². The standard InChI is InChI=1S/C17H19ClN2S.C16H12O6/c1-19(2)10-5-11-20-14-6-3-4-7-16(14)21-17-9-8-13(18)12-15(17)20;17-10-2-1-8-13-9-4-12(19)11(18)3-7(9)5-16(13,21)6-22-15(8)14(10)20/h3-4,6-9,12H,5,10-11H2,1-2H3;1-4,18-21H,5-6H2. The van der Waals surface area contributed by atoms with Crippen LogP contribution in [0.25, 0.3) is 5.57 Å². The van der Waals surface area contributed by atoms with E-state index in [4.69, 9.17) is 16.3 Å². The highest BCUT2D eigenvalue weighted by Crippen LogP contribution is 2.51. The van der Waals surface area contributed by atoms with Crippen LogP contribution in [0.4, 0.5) is 11.4 Å². The van der Waals surface area contributed by atoms with Gasteiger partial charge in [-0.25, -0.2) is 0 Å². The molecule has 4 aliphatic rings. The van der Waals surface area contributed by atoms with Crippen molar-refractivity contribution in [2.45, 2.75) is 28.2 Å². The molecule has 3 aromatic rings. The number of ketones is 1. The largest absolute Gasteiger partial charge is 0.504 e. The summed E-state index contributed by atoms with van der Waals surface area (Å²) in [6, 6.07) is 17.5. The molecule has 0 amide bonds. The van der Waals surface area contributed by atoms with Crippen LogP contribution in [0.5, 0.6) is 11.5 Å². The Morgan fingerprint density at radius 1 is 1.00 bits per heavy atom. The second-order valence-electron chi connectivity index (χ2n) is 11.1. The minimum atomic E-state index is -1.33. The fourth-order valence-corrected chi connectivity index (χ4v) is 7.09. The van der Waals surface area contributed by atoms with E-state index in [1.165, 1.54) is 45.5 Å². The van der Waals surface area contributed by atoms with Crippen LogP contribution in [0.15, 0.2) is 93.6 Å². The number of para-hydroxylation sites is 1. The van der Waals surface area contributed by atoms with Crippen molar-refractivity contribution in [3.63, 3.8) is 0 Å². The fourth-order valence-electron chi connectivity index (χ4n) is 5.85. The quantitative estimate of drug-likeness (QED) is 0.263. The number of aliphatic hydroxyl groups is 2. The van der Waals surface area contributed by atoms with Gasteiger partial charge in [-0.2, -0.15) is 0 Å². The van der Waals surface area contributed by atoms with Gasteiger partial charge in [0.2, 0.25) is 11.5 Å². The van der Waals surface area contributed by atoms with Gasteiger partial charge in [0.1, 0.15) is 12.2 Å². The molecule has 0 aromatic heterocycles. The van der Waals surface area contributed by atoms with Gasteiger partial charge in [0, 0.05) is 38.9 Å². The molecule has 0 fully saturated rings. The Bertz CT molecular complexity index is 1730. The summed E-state index contributed by atoms with van der Waals surface area (Å²) in [5, 5.41) is 40.9. The Hall–Kier alpha value is -3.89. The molecule has 2 heterocycles. The Kier molecular flexibility index (Phi) is 7.68. The number of ether oxygens (including phenoxy) is 1. The molecule has 43 heavy (non-hydrogen) atoms. The Morgan fingerprint density at radius 2 is 1.74 bits per heavy atom. The highest BCUT2D eigenvalue weighted by atomic mass is 35.5. The van der Waals surface area contributed by atoms with Crippen LogP contribution in [0.1, 0.15) is 17.5 Å². The Labute approximate surface area is 258 Å². The predicted octanol–water partition coefficient (Wildman–Crippen LogP) is 5.97. The number of rotatable bonds is 4. The molecule has 222 valence electrons. The predicted molar refractivity (Wildman–Crippen MR) is 167 cm³/mol. The van der Waals surface area contributed by atoms with Gasteiger partial charge in [-0.3, -0.25) is 4.79 Å². The lowest BCUT2D eigenvalue weighted by Gasteiger charge is -2.33. The molecule has 2 aliphatic carbocycles. The van der Waals surface area contributed by atoms with Crippen LogP contribution >= 0.6 is 23.4 Å². The molecular formula is C33H31ClN2O6S. The van der Waals surface area contributed by atoms with Crippen molar-refractivity contribution < 1.29 is 30.0 Å². The van der Waals surface area contributed by atoms with E-state index in [9.17, 15) is 25.2 Å². The van der Waals surface area contributed by atoms with E-state index < -0.39 is 17.1 Å². The number of allylic oxidation sites excluding steroid dienone is 2. The maximum Gasteiger partial charge on any atom is 0.224 e. The Balaban J connectivity index is 0.000000153. The van der Waals surface area contributed by atoms with Gasteiger partial charge in [-0.05, 0) is 92.8 Å². The summed E-state index contributed by atoms with van der Waals surface area (Å²) in [6.45, 7) is 1.97. The number of hydrogen-bond donors (Lipinski definition) is 4. The lowest BCUT2D eigenvalue weighted by atomic mass is 9.85. The maximum absolute atomic E-state index is 11.5. The van der Waals surface area contributed by atoms with E-state index in [1.54, 1.807) is 0 Å². The maximum atomic E-state index is 11.5. The lowest BCUT2D eigenvalue weighted by Crippen LogP contribution is -2.39. The molecule has 0 bridgehead atoms. The van der Waals surface area contributed by atoms with E-state index in [0.717, 1.165) is 24.5 Å². The van der Waals surface area contributed by atoms with Gasteiger partial charge in [0.25, 0.3) is 0 Å². The number of aromatic hydroxyl groups is 2. The van der Waals surface area contributed by atoms with Gasteiger partial charge < -0.3 is 35.0 Å². The zero-order valence-corrected chi connectivity index (χ0v) is 25.2. The average Bonchev–Trinajstić information content (AvgIpc) is 3.26. The summed E-state index contributed by atoms with van der Waals surface area (Å²) in [7, 11) is 4.23. The molecule has 1 atom stereocenters. The number of carbonyl (C=O) groups excluding carboxylic acids is 1.